The molecular weight excluding hydrogens is 296 g/mol. The van der Waals surface area contributed by atoms with Crippen LogP contribution >= 0.6 is 0 Å². The number of carbonyl (C=O) groups excluding carboxylic acids is 1. The molecule has 0 fully saturated rings. The molecule has 6 heteroatoms. The highest BCUT2D eigenvalue weighted by molar-refractivity contribution is 5.89. The summed E-state index contributed by atoms with van der Waals surface area (Å²) >= 11 is 0. The van der Waals surface area contributed by atoms with E-state index in [4.69, 9.17) is 10.00 Å². The first kappa shape index (κ1) is 18.4. The van der Waals surface area contributed by atoms with Gasteiger partial charge in [0.2, 0.25) is 0 Å². The highest BCUT2D eigenvalue weighted by Crippen LogP contribution is 2.30. The maximum absolute atomic E-state index is 12.3. The lowest BCUT2D eigenvalue weighted by molar-refractivity contribution is -0.384. The summed E-state index contributed by atoms with van der Waals surface area (Å²) < 4.78 is 5.53. The molecule has 0 aliphatic carbocycles. The number of hydrogen-bond donors (Lipinski definition) is 0. The average Bonchev–Trinajstić information content (AvgIpc) is 2.46. The van der Waals surface area contributed by atoms with Crippen molar-refractivity contribution >= 4 is 11.7 Å². The second kappa shape index (κ2) is 7.54. The molecule has 122 valence electrons. The van der Waals surface area contributed by atoms with Crippen LogP contribution in [0, 0.1) is 26.9 Å². The highest BCUT2D eigenvalue weighted by atomic mass is 16.6. The number of ether oxygens (including phenoxy) is 1. The molecule has 0 radical (unpaired) electrons. The molecule has 0 saturated carbocycles. The molecule has 23 heavy (non-hydrogen) atoms. The summed E-state index contributed by atoms with van der Waals surface area (Å²) in [6.45, 7) is 7.47. The quantitative estimate of drug-likeness (QED) is 0.342. The fraction of sp³-hybridized carbons (Fsp3) is 0.412. The van der Waals surface area contributed by atoms with E-state index in [-0.39, 0.29) is 17.7 Å². The third-order valence-electron chi connectivity index (χ3n) is 3.34. The van der Waals surface area contributed by atoms with E-state index in [2.05, 4.69) is 6.07 Å². The van der Waals surface area contributed by atoms with E-state index in [1.165, 1.54) is 24.3 Å². The molecule has 0 aliphatic rings. The predicted molar refractivity (Wildman–Crippen MR) is 85.7 cm³/mol. The number of rotatable bonds is 6. The van der Waals surface area contributed by atoms with Gasteiger partial charge in [0.25, 0.3) is 5.69 Å². The molecule has 0 aliphatic heterocycles. The second-order valence-electron chi connectivity index (χ2n) is 6.20. The van der Waals surface area contributed by atoms with Crippen LogP contribution in [-0.2, 0) is 4.74 Å². The van der Waals surface area contributed by atoms with Crippen LogP contribution in [0.3, 0.4) is 0 Å². The Balaban J connectivity index is 2.99. The van der Waals surface area contributed by atoms with Gasteiger partial charge in [-0.1, -0.05) is 19.4 Å². The van der Waals surface area contributed by atoms with Gasteiger partial charge in [-0.15, -0.1) is 0 Å². The van der Waals surface area contributed by atoms with Crippen LogP contribution in [0.1, 0.15) is 44.5 Å². The van der Waals surface area contributed by atoms with Crippen LogP contribution in [0.2, 0.25) is 0 Å². The molecular formula is C17H20N2O4. The third-order valence-corrected chi connectivity index (χ3v) is 3.34. The molecule has 0 bridgehead atoms. The summed E-state index contributed by atoms with van der Waals surface area (Å²) in [6, 6.07) is 7.33. The summed E-state index contributed by atoms with van der Waals surface area (Å²) in [4.78, 5) is 22.4. The van der Waals surface area contributed by atoms with Gasteiger partial charge in [-0.2, -0.15) is 5.26 Å². The predicted octanol–water partition coefficient (Wildman–Crippen LogP) is 4.03. The van der Waals surface area contributed by atoms with Gasteiger partial charge >= 0.3 is 5.97 Å². The van der Waals surface area contributed by atoms with E-state index in [1.54, 1.807) is 6.08 Å². The number of nitrogens with zero attached hydrogens (tertiary/aromatic N) is 2. The number of esters is 1. The lowest BCUT2D eigenvalue weighted by atomic mass is 9.82. The maximum Gasteiger partial charge on any atom is 0.338 e. The SMILES string of the molecule is CC(C)=CC(OC(=O)c1ccc([N+](=O)[O-])cc1)C(C)(C)CC#N. The fourth-order valence-electron chi connectivity index (χ4n) is 1.93. The summed E-state index contributed by atoms with van der Waals surface area (Å²) in [6.07, 6.45) is 1.48. The minimum atomic E-state index is -0.576. The Morgan fingerprint density at radius 1 is 1.39 bits per heavy atom. The van der Waals surface area contributed by atoms with Crippen molar-refractivity contribution in [2.45, 2.75) is 40.2 Å². The van der Waals surface area contributed by atoms with E-state index >= 15 is 0 Å². The first-order valence-corrected chi connectivity index (χ1v) is 7.15. The number of benzene rings is 1. The van der Waals surface area contributed by atoms with Crippen molar-refractivity contribution in [3.8, 4) is 6.07 Å². The largest absolute Gasteiger partial charge is 0.454 e. The molecule has 0 aromatic heterocycles. The van der Waals surface area contributed by atoms with Gasteiger partial charge in [0, 0.05) is 24.0 Å². The van der Waals surface area contributed by atoms with Gasteiger partial charge in [0.05, 0.1) is 16.6 Å². The molecule has 0 heterocycles. The number of carbonyl (C=O) groups is 1. The third kappa shape index (κ3) is 5.22. The lowest BCUT2D eigenvalue weighted by Gasteiger charge is -2.30. The molecule has 0 saturated heterocycles. The Hall–Kier alpha value is -2.68. The van der Waals surface area contributed by atoms with E-state index in [0.717, 1.165) is 5.57 Å². The lowest BCUT2D eigenvalue weighted by Crippen LogP contribution is -2.32. The van der Waals surface area contributed by atoms with Gasteiger partial charge in [0.1, 0.15) is 6.10 Å². The van der Waals surface area contributed by atoms with Crippen molar-refractivity contribution in [3.05, 3.63) is 51.6 Å². The van der Waals surface area contributed by atoms with Crippen LogP contribution in [-0.4, -0.2) is 17.0 Å². The molecule has 0 amide bonds. The van der Waals surface area contributed by atoms with Crippen LogP contribution < -0.4 is 0 Å². The summed E-state index contributed by atoms with van der Waals surface area (Å²) in [7, 11) is 0. The van der Waals surface area contributed by atoms with Gasteiger partial charge in [-0.05, 0) is 32.1 Å². The van der Waals surface area contributed by atoms with Crippen LogP contribution in [0.4, 0.5) is 5.69 Å². The van der Waals surface area contributed by atoms with Gasteiger partial charge in [0.15, 0.2) is 0 Å². The molecule has 6 nitrogen and oxygen atoms in total. The molecule has 1 aromatic rings. The van der Waals surface area contributed by atoms with Gasteiger partial charge < -0.3 is 4.74 Å². The maximum atomic E-state index is 12.3. The first-order valence-electron chi connectivity index (χ1n) is 7.15. The van der Waals surface area contributed by atoms with Crippen molar-refractivity contribution in [1.29, 1.82) is 5.26 Å². The van der Waals surface area contributed by atoms with Crippen molar-refractivity contribution in [2.24, 2.45) is 5.41 Å². The Morgan fingerprint density at radius 3 is 2.39 bits per heavy atom. The number of nitro groups is 1. The van der Waals surface area contributed by atoms with Crippen molar-refractivity contribution in [1.82, 2.24) is 0 Å². The van der Waals surface area contributed by atoms with E-state index in [9.17, 15) is 14.9 Å². The molecule has 0 spiro atoms. The Morgan fingerprint density at radius 2 is 1.96 bits per heavy atom. The minimum absolute atomic E-state index is 0.0905. The zero-order valence-corrected chi connectivity index (χ0v) is 13.7. The Kier molecular flexibility index (Phi) is 6.02. The first-order chi connectivity index (χ1) is 10.7. The Bertz CT molecular complexity index is 650. The topological polar surface area (TPSA) is 93.2 Å². The summed E-state index contributed by atoms with van der Waals surface area (Å²) in [5.74, 6) is -0.576. The van der Waals surface area contributed by atoms with Crippen molar-refractivity contribution < 1.29 is 14.5 Å². The van der Waals surface area contributed by atoms with Crippen LogP contribution in [0.15, 0.2) is 35.9 Å². The summed E-state index contributed by atoms with van der Waals surface area (Å²) in [5.41, 5.74) is 0.572. The number of hydrogen-bond acceptors (Lipinski definition) is 5. The van der Waals surface area contributed by atoms with Gasteiger partial charge in [-0.3, -0.25) is 10.1 Å². The minimum Gasteiger partial charge on any atom is -0.454 e. The van der Waals surface area contributed by atoms with Crippen LogP contribution in [0.25, 0.3) is 0 Å². The molecule has 1 rings (SSSR count). The van der Waals surface area contributed by atoms with E-state index in [0.29, 0.717) is 0 Å². The van der Waals surface area contributed by atoms with Crippen molar-refractivity contribution in [3.63, 3.8) is 0 Å². The zero-order valence-electron chi connectivity index (χ0n) is 13.7. The monoisotopic (exact) mass is 316 g/mol. The molecule has 1 aromatic carbocycles. The van der Waals surface area contributed by atoms with E-state index < -0.39 is 22.4 Å². The molecule has 1 atom stereocenters. The molecule has 0 N–H and O–H groups in total. The molecule has 1 unspecified atom stereocenters. The smallest absolute Gasteiger partial charge is 0.338 e. The van der Waals surface area contributed by atoms with Crippen molar-refractivity contribution in [2.75, 3.05) is 0 Å². The number of non-ortho nitro benzene ring substituents is 1. The van der Waals surface area contributed by atoms with E-state index in [1.807, 2.05) is 27.7 Å². The van der Waals surface area contributed by atoms with Gasteiger partial charge in [-0.25, -0.2) is 4.79 Å². The number of allylic oxidation sites excluding steroid dienone is 1. The average molecular weight is 316 g/mol. The number of nitro benzene ring substituents is 1. The standard InChI is InChI=1S/C17H20N2O4/c1-12(2)11-15(17(3,4)9-10-18)23-16(20)13-5-7-14(8-6-13)19(21)22/h5-8,11,15H,9H2,1-4H3. The summed E-state index contributed by atoms with van der Waals surface area (Å²) in [5, 5.41) is 19.6. The zero-order chi connectivity index (χ0) is 17.6. The normalized spacial score (nSPS) is 12.0. The second-order valence-corrected chi connectivity index (χ2v) is 6.20. The Labute approximate surface area is 135 Å². The fourth-order valence-corrected chi connectivity index (χ4v) is 1.93. The highest BCUT2D eigenvalue weighted by Gasteiger charge is 2.31. The van der Waals surface area contributed by atoms with Crippen LogP contribution in [0.5, 0.6) is 0 Å². The number of nitriles is 1.